The molecule has 0 saturated carbocycles. The number of aromatic nitrogens is 3. The van der Waals surface area contributed by atoms with Gasteiger partial charge in [-0.25, -0.2) is 4.98 Å². The second-order valence-corrected chi connectivity index (χ2v) is 6.99. The highest BCUT2D eigenvalue weighted by Crippen LogP contribution is 2.25. The first kappa shape index (κ1) is 19.1. The molecule has 1 aliphatic heterocycles. The second kappa shape index (κ2) is 8.87. The number of benzene rings is 1. The average Bonchev–Trinajstić information content (AvgIpc) is 3.19. The van der Waals surface area contributed by atoms with E-state index < -0.39 is 0 Å². The van der Waals surface area contributed by atoms with E-state index in [0.29, 0.717) is 19.0 Å². The lowest BCUT2D eigenvalue weighted by Crippen LogP contribution is -2.37. The Morgan fingerprint density at radius 1 is 1.21 bits per heavy atom. The molecule has 1 saturated heterocycles. The van der Waals surface area contributed by atoms with Crippen LogP contribution < -0.4 is 10.3 Å². The van der Waals surface area contributed by atoms with Gasteiger partial charge in [-0.1, -0.05) is 43.3 Å². The van der Waals surface area contributed by atoms with Gasteiger partial charge in [0.05, 0.1) is 18.9 Å². The number of rotatable bonds is 6. The van der Waals surface area contributed by atoms with E-state index in [9.17, 15) is 0 Å². The fraction of sp³-hybridized carbons (Fsp3) is 0.318. The van der Waals surface area contributed by atoms with Crippen LogP contribution >= 0.6 is 0 Å². The van der Waals surface area contributed by atoms with Gasteiger partial charge in [-0.05, 0) is 18.9 Å². The lowest BCUT2D eigenvalue weighted by atomic mass is 10.2. The van der Waals surface area contributed by atoms with Gasteiger partial charge in [0.1, 0.15) is 5.82 Å². The van der Waals surface area contributed by atoms with E-state index in [1.165, 1.54) is 0 Å². The third-order valence-corrected chi connectivity index (χ3v) is 4.79. The smallest absolute Gasteiger partial charge is 0.160 e. The van der Waals surface area contributed by atoms with Crippen LogP contribution in [0.25, 0.3) is 16.9 Å². The monoisotopic (exact) mass is 390 g/mol. The van der Waals surface area contributed by atoms with Gasteiger partial charge >= 0.3 is 0 Å². The summed E-state index contributed by atoms with van der Waals surface area (Å²) in [4.78, 5) is 6.99. The minimum atomic E-state index is 0.694. The summed E-state index contributed by atoms with van der Waals surface area (Å²) in [6.07, 6.45) is 4.93. The number of morpholine rings is 1. The van der Waals surface area contributed by atoms with Gasteiger partial charge in [-0.2, -0.15) is 14.7 Å². The Kier molecular flexibility index (Phi) is 5.86. The van der Waals surface area contributed by atoms with Crippen molar-refractivity contribution in [1.82, 2.24) is 14.6 Å². The molecule has 150 valence electrons. The van der Waals surface area contributed by atoms with Crippen molar-refractivity contribution in [1.29, 1.82) is 0 Å². The van der Waals surface area contributed by atoms with Crippen molar-refractivity contribution in [2.24, 2.45) is 5.10 Å². The van der Waals surface area contributed by atoms with E-state index >= 15 is 0 Å². The molecule has 29 heavy (non-hydrogen) atoms. The Labute approximate surface area is 170 Å². The highest BCUT2D eigenvalue weighted by Gasteiger charge is 2.18. The topological polar surface area (TPSA) is 67.0 Å². The first-order valence-electron chi connectivity index (χ1n) is 9.99. The van der Waals surface area contributed by atoms with Gasteiger partial charge in [0.25, 0.3) is 0 Å². The van der Waals surface area contributed by atoms with Gasteiger partial charge in [0.2, 0.25) is 0 Å². The quantitative estimate of drug-likeness (QED) is 0.509. The maximum absolute atomic E-state index is 5.52. The molecule has 0 spiro atoms. The predicted molar refractivity (Wildman–Crippen MR) is 118 cm³/mol. The number of ether oxygens (including phenoxy) is 1. The lowest BCUT2D eigenvalue weighted by Gasteiger charge is -2.29. The summed E-state index contributed by atoms with van der Waals surface area (Å²) in [6, 6.07) is 14.2. The molecule has 7 heteroatoms. The molecule has 0 amide bonds. The molecule has 0 bridgehead atoms. The van der Waals surface area contributed by atoms with Crippen LogP contribution in [0.2, 0.25) is 0 Å². The third-order valence-electron chi connectivity index (χ3n) is 4.79. The van der Waals surface area contributed by atoms with Gasteiger partial charge in [0.15, 0.2) is 11.5 Å². The first-order valence-corrected chi connectivity index (χ1v) is 9.99. The van der Waals surface area contributed by atoms with E-state index in [0.717, 1.165) is 47.8 Å². The number of hydrogen-bond acceptors (Lipinski definition) is 6. The van der Waals surface area contributed by atoms with E-state index in [-0.39, 0.29) is 0 Å². The molecule has 1 aromatic carbocycles. The molecule has 0 aliphatic carbocycles. The predicted octanol–water partition coefficient (Wildman–Crippen LogP) is 3.99. The van der Waals surface area contributed by atoms with E-state index in [1.807, 2.05) is 48.0 Å². The van der Waals surface area contributed by atoms with Gasteiger partial charge in [-0.15, -0.1) is 0 Å². The number of nitrogens with one attached hydrogen (secondary N) is 1. The fourth-order valence-corrected chi connectivity index (χ4v) is 3.36. The number of nitrogens with zero attached hydrogens (tertiary/aromatic N) is 5. The van der Waals surface area contributed by atoms with Gasteiger partial charge < -0.3 is 9.64 Å². The van der Waals surface area contributed by atoms with Crippen molar-refractivity contribution in [2.75, 3.05) is 36.6 Å². The van der Waals surface area contributed by atoms with Crippen molar-refractivity contribution in [2.45, 2.75) is 20.3 Å². The molecular weight excluding hydrogens is 364 g/mol. The molecule has 7 nitrogen and oxygen atoms in total. The minimum Gasteiger partial charge on any atom is -0.378 e. The summed E-state index contributed by atoms with van der Waals surface area (Å²) in [5.74, 6) is 1.68. The van der Waals surface area contributed by atoms with Crippen LogP contribution in [-0.2, 0) is 4.74 Å². The zero-order chi connectivity index (χ0) is 20.1. The Balaban J connectivity index is 1.72. The number of hydrazone groups is 1. The highest BCUT2D eigenvalue weighted by molar-refractivity contribution is 5.78. The fourth-order valence-electron chi connectivity index (χ4n) is 3.36. The Morgan fingerprint density at radius 2 is 2.00 bits per heavy atom. The SMILES string of the molecule is CCC=C(C)C=NNc1cc(N2CCOCC2)n2nc(-c3ccccc3)cc2n1. The van der Waals surface area contributed by atoms with E-state index in [4.69, 9.17) is 14.8 Å². The summed E-state index contributed by atoms with van der Waals surface area (Å²) in [5, 5.41) is 9.17. The zero-order valence-corrected chi connectivity index (χ0v) is 16.9. The van der Waals surface area contributed by atoms with Crippen molar-refractivity contribution in [3.8, 4) is 11.3 Å². The van der Waals surface area contributed by atoms with Gasteiger partial charge in [0, 0.05) is 37.0 Å². The normalized spacial score (nSPS) is 15.4. The van der Waals surface area contributed by atoms with Crippen molar-refractivity contribution in [3.05, 3.63) is 54.1 Å². The van der Waals surface area contributed by atoms with Crippen LogP contribution in [0.5, 0.6) is 0 Å². The largest absolute Gasteiger partial charge is 0.378 e. The summed E-state index contributed by atoms with van der Waals surface area (Å²) >= 11 is 0. The summed E-state index contributed by atoms with van der Waals surface area (Å²) in [6.45, 7) is 7.20. The van der Waals surface area contributed by atoms with Crippen LogP contribution in [-0.4, -0.2) is 47.1 Å². The summed E-state index contributed by atoms with van der Waals surface area (Å²) < 4.78 is 7.43. The molecule has 3 heterocycles. The second-order valence-electron chi connectivity index (χ2n) is 6.99. The molecular formula is C22H26N6O. The maximum Gasteiger partial charge on any atom is 0.160 e. The standard InChI is InChI=1S/C22H26N6O/c1-3-7-17(2)16-23-25-20-15-22(27-10-12-29-13-11-27)28-21(24-20)14-19(26-28)18-8-5-4-6-9-18/h4-9,14-16H,3,10-13H2,1-2H3,(H,24,25). The maximum atomic E-state index is 5.52. The Bertz CT molecular complexity index is 1020. The Hall–Kier alpha value is -3.19. The molecule has 0 atom stereocenters. The van der Waals surface area contributed by atoms with Crippen molar-refractivity contribution < 1.29 is 4.74 Å². The van der Waals surface area contributed by atoms with E-state index in [2.05, 4.69) is 40.6 Å². The molecule has 3 aromatic rings. The number of anilines is 2. The number of allylic oxidation sites excluding steroid dienone is 2. The van der Waals surface area contributed by atoms with Crippen LogP contribution in [0.3, 0.4) is 0 Å². The molecule has 4 rings (SSSR count). The Morgan fingerprint density at radius 3 is 2.76 bits per heavy atom. The van der Waals surface area contributed by atoms with Crippen LogP contribution in [0, 0.1) is 0 Å². The van der Waals surface area contributed by atoms with Crippen LogP contribution in [0.15, 0.2) is 59.2 Å². The first-order chi connectivity index (χ1) is 14.2. The van der Waals surface area contributed by atoms with Crippen LogP contribution in [0.4, 0.5) is 11.6 Å². The summed E-state index contributed by atoms with van der Waals surface area (Å²) in [7, 11) is 0. The van der Waals surface area contributed by atoms with Crippen molar-refractivity contribution in [3.63, 3.8) is 0 Å². The molecule has 2 aromatic heterocycles. The molecule has 0 radical (unpaired) electrons. The van der Waals surface area contributed by atoms with Crippen LogP contribution in [0.1, 0.15) is 20.3 Å². The molecule has 1 aliphatic rings. The highest BCUT2D eigenvalue weighted by atomic mass is 16.5. The minimum absolute atomic E-state index is 0.694. The third kappa shape index (κ3) is 4.46. The number of hydrogen-bond donors (Lipinski definition) is 1. The summed E-state index contributed by atoms with van der Waals surface area (Å²) in [5.41, 5.74) is 6.94. The van der Waals surface area contributed by atoms with Crippen molar-refractivity contribution >= 4 is 23.5 Å². The van der Waals surface area contributed by atoms with E-state index in [1.54, 1.807) is 0 Å². The molecule has 1 N–H and O–H groups in total. The average molecular weight is 390 g/mol. The molecule has 1 fully saturated rings. The lowest BCUT2D eigenvalue weighted by molar-refractivity contribution is 0.122. The zero-order valence-electron chi connectivity index (χ0n) is 16.9. The molecule has 0 unspecified atom stereocenters. The van der Waals surface area contributed by atoms with Gasteiger partial charge in [-0.3, -0.25) is 5.43 Å². The number of fused-ring (bicyclic) bond motifs is 1.